The number of hydrogen-bond donors (Lipinski definition) is 0. The fraction of sp³-hybridized carbons (Fsp3) is 0.948. The van der Waals surface area contributed by atoms with Gasteiger partial charge in [0.05, 0.1) is 52.2 Å². The molecule has 24 atom stereocenters. The summed E-state index contributed by atoms with van der Waals surface area (Å²) in [4.78, 5) is 0. The van der Waals surface area contributed by atoms with E-state index in [9.17, 15) is 0 Å². The standard InChI is InChI=1S/C40H76O2Si.C36H68O2Si.C33H62OSi.6CH3.6ClH.3Zr/c1-39(2,3)41-27-19-11-9-13-21-31-29-37(35-25-17-15-23-33(31)35)43(7,8)38-30-32(34-24-16-18-26-36(34)38)22-14-10-12-20-28-42-40(4,5)6;1-35(2,3)37-23-15-13-17-27-25-33(31-21-11-9-19-29(27)31)39(7,8)34-26-28(30-20-10-12-22-32(30)34)18-14-16-24-38-36(4,5)6;1-7-8-9-16-25-23-31(29-20-12-10-18-27(25)29)35(5,6)32-24-26(28-19-11-13-21-30(28)32)17-14-15-22-34-33(2,3)4;;;;;;;;;;;;;;;/h31-38H,9-30H2,1-8H3;27-34H,9-26H2,1-8H3;25-32H,7-24H2,1-6H3;6*1H3;6*1H;;;/q;;;6*-1;;;;;;;3*+4/p-6. The number of hydrogen-bond acceptors (Lipinski definition) is 5. The van der Waals surface area contributed by atoms with Gasteiger partial charge in [-0.25, -0.2) is 0 Å². The van der Waals surface area contributed by atoms with E-state index in [-0.39, 0.29) is 72.6 Å². The maximum absolute atomic E-state index is 6.06. The Morgan fingerprint density at radius 3 is 0.492 bits per heavy atom. The van der Waals surface area contributed by atoms with Crippen LogP contribution >= 0.6 is 51.1 Å². The molecule has 12 saturated carbocycles. The van der Waals surface area contributed by atoms with Gasteiger partial charge in [-0.1, -0.05) is 277 Å². The summed E-state index contributed by atoms with van der Waals surface area (Å²) in [6, 6.07) is 0. The van der Waals surface area contributed by atoms with Gasteiger partial charge in [0.2, 0.25) is 0 Å². The molecular formula is C115H224Cl6O5Si3Zr3. The van der Waals surface area contributed by atoms with Gasteiger partial charge in [-0.15, -0.1) is 0 Å². The Bertz CT molecular complexity index is 2720. The van der Waals surface area contributed by atoms with Gasteiger partial charge >= 0.3 is 114 Å². The quantitative estimate of drug-likeness (QED) is 0.0349. The molecule has 17 heteroatoms. The summed E-state index contributed by atoms with van der Waals surface area (Å²) in [7, 11) is 25.6. The van der Waals surface area contributed by atoms with Gasteiger partial charge in [0.1, 0.15) is 0 Å². The summed E-state index contributed by atoms with van der Waals surface area (Å²) < 4.78 is 30.1. The first-order valence-electron chi connectivity index (χ1n) is 54.8. The van der Waals surface area contributed by atoms with Crippen LogP contribution in [0.15, 0.2) is 0 Å². The predicted molar refractivity (Wildman–Crippen MR) is 590 cm³/mol. The first-order chi connectivity index (χ1) is 59.7. The average Bonchev–Trinajstić information content (AvgIpc) is 1.60. The van der Waals surface area contributed by atoms with Gasteiger partial charge in [0.15, 0.2) is 0 Å². The van der Waals surface area contributed by atoms with Crippen molar-refractivity contribution in [3.8, 4) is 0 Å². The van der Waals surface area contributed by atoms with Gasteiger partial charge in [-0.3, -0.25) is 0 Å². The van der Waals surface area contributed by atoms with Crippen molar-refractivity contribution in [2.24, 2.45) is 107 Å². The molecule has 132 heavy (non-hydrogen) atoms. The molecule has 0 aliphatic heterocycles. The number of ether oxygens (including phenoxy) is 5. The van der Waals surface area contributed by atoms with Crippen LogP contribution in [0.25, 0.3) is 0 Å². The minimum absolute atomic E-state index is 0. The zero-order valence-electron chi connectivity index (χ0n) is 92.7. The SMILES string of the molecule is CC(C)(C)OCCCCC1CC([Si](C)(C)C2CC(CCCCOC(C)(C)C)C3CCCCC32)C2CCCCC12.CC(C)(C)OCCCCCCC1CC([Si](C)(C)C2CC(CCCCCCOC(C)(C)C)C3CCCCC32)C2CCCCC12.CCCCCC1CC([Si](C)(C)C2CC(CCCCOC(C)(C)C)C3CCCCC32)C2CCCCC12.[CH3-].[CH3-].[CH3-].[CH3-].[CH3-].[CH3-].[Cl][Zr+2][Cl].[Cl][Zr+2][Cl].[Cl][Zr+2][Cl]. The number of halogens is 6. The zero-order valence-corrected chi connectivity index (χ0v) is 108. The number of rotatable bonds is 39. The monoisotopic (exact) mass is 2250 g/mol. The molecule has 0 saturated heterocycles. The van der Waals surface area contributed by atoms with Crippen LogP contribution in [-0.4, -0.2) is 85.3 Å². The van der Waals surface area contributed by atoms with Crippen molar-refractivity contribution in [3.63, 3.8) is 0 Å². The third-order valence-corrected chi connectivity index (χ3v) is 52.2. The minimum atomic E-state index is -1.35. The van der Waals surface area contributed by atoms with E-state index < -0.39 is 86.8 Å². The summed E-state index contributed by atoms with van der Waals surface area (Å²) in [6.07, 6.45) is 79.2. The third-order valence-electron chi connectivity index (χ3n) is 36.8. The van der Waals surface area contributed by atoms with E-state index in [0.29, 0.717) is 0 Å². The van der Waals surface area contributed by atoms with Crippen molar-refractivity contribution < 1.29 is 86.2 Å². The fourth-order valence-corrected chi connectivity index (χ4v) is 47.7. The van der Waals surface area contributed by atoms with Gasteiger partial charge < -0.3 is 68.2 Å². The Morgan fingerprint density at radius 1 is 0.212 bits per heavy atom. The second-order valence-electron chi connectivity index (χ2n) is 51.2. The Labute approximate surface area is 887 Å². The first kappa shape index (κ1) is 135. The Hall–Kier alpha value is 4.84. The van der Waals surface area contributed by atoms with E-state index in [1.54, 1.807) is 128 Å². The topological polar surface area (TPSA) is 46.2 Å². The van der Waals surface area contributed by atoms with E-state index in [4.69, 9.17) is 74.8 Å². The van der Waals surface area contributed by atoms with E-state index in [2.05, 4.69) is 150 Å². The van der Waals surface area contributed by atoms with Crippen molar-refractivity contribution in [1.82, 2.24) is 0 Å². The van der Waals surface area contributed by atoms with Crippen LogP contribution in [0.2, 0.25) is 72.5 Å². The fourth-order valence-electron chi connectivity index (χ4n) is 31.4. The average molecular weight is 2260 g/mol. The van der Waals surface area contributed by atoms with Crippen molar-refractivity contribution in [2.45, 2.75) is 552 Å². The number of fused-ring (bicyclic) bond motifs is 6. The Morgan fingerprint density at radius 2 is 0.341 bits per heavy atom. The van der Waals surface area contributed by atoms with Crippen LogP contribution < -0.4 is 0 Å². The molecule has 24 unspecified atom stereocenters. The molecule has 0 N–H and O–H groups in total. The summed E-state index contributed by atoms with van der Waals surface area (Å²) in [5.41, 5.74) is 6.81. The second-order valence-corrected chi connectivity index (χ2v) is 77.7. The van der Waals surface area contributed by atoms with Gasteiger partial charge in [0.25, 0.3) is 0 Å². The second kappa shape index (κ2) is 67.8. The van der Waals surface area contributed by atoms with Crippen LogP contribution in [0.1, 0.15) is 451 Å². The van der Waals surface area contributed by atoms with Gasteiger partial charge in [0, 0.05) is 33.0 Å². The molecule has 0 heterocycles. The molecule has 0 aromatic heterocycles. The van der Waals surface area contributed by atoms with Crippen LogP contribution in [0, 0.1) is 151 Å². The van der Waals surface area contributed by atoms with Crippen molar-refractivity contribution in [3.05, 3.63) is 44.6 Å². The molecule has 0 bridgehead atoms. The molecule has 5 nitrogen and oxygen atoms in total. The molecule has 0 aromatic rings. The molecular weight excluding hydrogens is 2030 g/mol. The maximum atomic E-state index is 6.06. The van der Waals surface area contributed by atoms with Gasteiger partial charge in [-0.05, 0) is 353 Å². The van der Waals surface area contributed by atoms with E-state index in [1.165, 1.54) is 212 Å². The van der Waals surface area contributed by atoms with Crippen LogP contribution in [-0.2, 0) is 86.2 Å². The summed E-state index contributed by atoms with van der Waals surface area (Å²) >= 11 is -2.48. The first-order valence-corrected chi connectivity index (χ1v) is 83.2. The van der Waals surface area contributed by atoms with Crippen LogP contribution in [0.5, 0.6) is 0 Å². The summed E-state index contributed by atoms with van der Waals surface area (Å²) in [5.74, 6) is 19.3. The van der Waals surface area contributed by atoms with E-state index in [0.717, 1.165) is 173 Å². The molecule has 12 aliphatic rings. The summed E-state index contributed by atoms with van der Waals surface area (Å²) in [6.45, 7) is 57.4. The molecule has 12 aliphatic carbocycles. The Kier molecular flexibility index (Phi) is 69.3. The molecule has 12 rings (SSSR count). The Balaban J connectivity index is 0.000000928. The molecule has 0 amide bonds. The van der Waals surface area contributed by atoms with Crippen molar-refractivity contribution in [2.75, 3.05) is 33.0 Å². The van der Waals surface area contributed by atoms with Crippen LogP contribution in [0.4, 0.5) is 0 Å². The summed E-state index contributed by atoms with van der Waals surface area (Å²) in [5, 5.41) is 0. The molecule has 0 aromatic carbocycles. The van der Waals surface area contributed by atoms with Crippen LogP contribution in [0.3, 0.4) is 0 Å². The molecule has 0 radical (unpaired) electrons. The molecule has 12 fully saturated rings. The molecule has 0 spiro atoms. The molecule has 780 valence electrons. The van der Waals surface area contributed by atoms with E-state index in [1.807, 2.05) is 0 Å². The third kappa shape index (κ3) is 44.6. The van der Waals surface area contributed by atoms with Crippen molar-refractivity contribution >= 4 is 75.3 Å². The zero-order chi connectivity index (χ0) is 92.5. The van der Waals surface area contributed by atoms with Gasteiger partial charge in [-0.2, -0.15) is 0 Å². The van der Waals surface area contributed by atoms with Crippen molar-refractivity contribution in [1.29, 1.82) is 0 Å². The normalized spacial score (nSPS) is 31.7. The predicted octanol–water partition coefficient (Wildman–Crippen LogP) is 41.2. The van der Waals surface area contributed by atoms with E-state index >= 15 is 0 Å². The number of unbranched alkanes of at least 4 members (excludes halogenated alkanes) is 11.